The molecule has 0 radical (unpaired) electrons. The van der Waals surface area contributed by atoms with Gasteiger partial charge in [-0.05, 0) is 13.3 Å². The maximum atomic E-state index is 4.80. The fourth-order valence-corrected chi connectivity index (χ4v) is 3.79. The summed E-state index contributed by atoms with van der Waals surface area (Å²) in [6.45, 7) is 8.23. The van der Waals surface area contributed by atoms with Gasteiger partial charge in [-0.2, -0.15) is 14.5 Å². The summed E-state index contributed by atoms with van der Waals surface area (Å²) < 4.78 is 1.89. The summed E-state index contributed by atoms with van der Waals surface area (Å²) in [5.41, 5.74) is 1.01. The van der Waals surface area contributed by atoms with Crippen LogP contribution in [0.4, 0.5) is 11.6 Å². The minimum atomic E-state index is 0.439. The van der Waals surface area contributed by atoms with Crippen molar-refractivity contribution in [3.63, 3.8) is 0 Å². The average Bonchev–Trinajstić information content (AvgIpc) is 3.18. The molecule has 1 aromatic carbocycles. The van der Waals surface area contributed by atoms with E-state index in [0.717, 1.165) is 49.8 Å². The van der Waals surface area contributed by atoms with Crippen LogP contribution in [0.2, 0.25) is 0 Å². The van der Waals surface area contributed by atoms with Crippen LogP contribution in [0.5, 0.6) is 0 Å². The number of nitrogens with zero attached hydrogens (tertiary/aromatic N) is 5. The van der Waals surface area contributed by atoms with Crippen molar-refractivity contribution in [3.05, 3.63) is 36.4 Å². The minimum Gasteiger partial charge on any atom is -0.370 e. The highest BCUT2D eigenvalue weighted by Crippen LogP contribution is 2.23. The predicted molar refractivity (Wildman–Crippen MR) is 119 cm³/mol. The summed E-state index contributed by atoms with van der Waals surface area (Å²) in [6, 6.07) is 12.7. The number of benzene rings is 1. The molecule has 7 nitrogen and oxygen atoms in total. The van der Waals surface area contributed by atoms with Gasteiger partial charge >= 0.3 is 0 Å². The number of piperazine rings is 1. The molecule has 1 aliphatic rings. The number of hydrogen-bond acceptors (Lipinski definition) is 6. The first kappa shape index (κ1) is 19.6. The second kappa shape index (κ2) is 9.22. The summed E-state index contributed by atoms with van der Waals surface area (Å²) >= 11 is 0. The first-order chi connectivity index (χ1) is 14.2. The zero-order valence-electron chi connectivity index (χ0n) is 17.4. The Morgan fingerprint density at radius 3 is 2.79 bits per heavy atom. The van der Waals surface area contributed by atoms with Crippen LogP contribution in [0.3, 0.4) is 0 Å². The summed E-state index contributed by atoms with van der Waals surface area (Å²) in [7, 11) is 0. The second-order valence-corrected chi connectivity index (χ2v) is 7.80. The molecular weight excluding hydrogens is 362 g/mol. The molecule has 1 aliphatic heterocycles. The Hall–Kier alpha value is -2.67. The Morgan fingerprint density at radius 1 is 1.14 bits per heavy atom. The molecule has 0 bridgehead atoms. The third kappa shape index (κ3) is 4.67. The smallest absolute Gasteiger partial charge is 0.256 e. The quantitative estimate of drug-likeness (QED) is 0.570. The molecule has 1 atom stereocenters. The Morgan fingerprint density at radius 2 is 2.00 bits per heavy atom. The second-order valence-electron chi connectivity index (χ2n) is 7.80. The molecule has 3 aromatic rings. The van der Waals surface area contributed by atoms with Crippen molar-refractivity contribution < 1.29 is 0 Å². The van der Waals surface area contributed by atoms with Crippen LogP contribution in [-0.4, -0.2) is 51.8 Å². The van der Waals surface area contributed by atoms with Gasteiger partial charge in [0.1, 0.15) is 11.6 Å². The topological polar surface area (TPSA) is 70.4 Å². The van der Waals surface area contributed by atoms with Gasteiger partial charge in [-0.3, -0.25) is 0 Å². The standard InChI is InChI=1S/C22H31N7/c1-3-4-5-9-12-24-19-15-20(28-14-13-23-17(2)16-28)29-22(25-19)26-21(27-29)18-10-7-6-8-11-18/h6-8,10-11,15,17,23H,3-5,9,12-14,16H2,1-2H3,(H,24,25,26,27). The number of anilines is 2. The van der Waals surface area contributed by atoms with E-state index in [9.17, 15) is 0 Å². The number of nitrogens with one attached hydrogen (secondary N) is 2. The fraction of sp³-hybridized carbons (Fsp3) is 0.500. The number of unbranched alkanes of at least 4 members (excludes halogenated alkanes) is 3. The van der Waals surface area contributed by atoms with Crippen LogP contribution in [0.1, 0.15) is 39.5 Å². The maximum absolute atomic E-state index is 4.80. The lowest BCUT2D eigenvalue weighted by molar-refractivity contribution is 0.480. The fourth-order valence-electron chi connectivity index (χ4n) is 3.79. The normalized spacial score (nSPS) is 17.0. The van der Waals surface area contributed by atoms with E-state index in [1.165, 1.54) is 19.3 Å². The van der Waals surface area contributed by atoms with Gasteiger partial charge in [0.15, 0.2) is 5.82 Å². The first-order valence-electron chi connectivity index (χ1n) is 10.8. The van der Waals surface area contributed by atoms with Crippen LogP contribution in [0.15, 0.2) is 36.4 Å². The van der Waals surface area contributed by atoms with Crippen LogP contribution < -0.4 is 15.5 Å². The molecule has 154 valence electrons. The highest BCUT2D eigenvalue weighted by Gasteiger charge is 2.21. The van der Waals surface area contributed by atoms with Crippen molar-refractivity contribution >= 4 is 17.4 Å². The van der Waals surface area contributed by atoms with Crippen molar-refractivity contribution in [2.75, 3.05) is 36.4 Å². The van der Waals surface area contributed by atoms with Gasteiger partial charge < -0.3 is 15.5 Å². The lowest BCUT2D eigenvalue weighted by Crippen LogP contribution is -2.49. The van der Waals surface area contributed by atoms with E-state index in [4.69, 9.17) is 15.1 Å². The van der Waals surface area contributed by atoms with E-state index >= 15 is 0 Å². The van der Waals surface area contributed by atoms with Gasteiger partial charge in [0.25, 0.3) is 5.78 Å². The highest BCUT2D eigenvalue weighted by atomic mass is 15.4. The average molecular weight is 394 g/mol. The zero-order chi connectivity index (χ0) is 20.1. The maximum Gasteiger partial charge on any atom is 0.256 e. The Balaban J connectivity index is 1.66. The third-order valence-corrected chi connectivity index (χ3v) is 5.35. The molecule has 0 saturated carbocycles. The molecule has 1 fully saturated rings. The van der Waals surface area contributed by atoms with Crippen molar-refractivity contribution in [2.45, 2.75) is 45.6 Å². The van der Waals surface area contributed by atoms with Crippen LogP contribution in [0.25, 0.3) is 17.2 Å². The van der Waals surface area contributed by atoms with Gasteiger partial charge in [-0.1, -0.05) is 56.5 Å². The molecule has 2 aromatic heterocycles. The van der Waals surface area contributed by atoms with Crippen molar-refractivity contribution in [1.82, 2.24) is 24.9 Å². The van der Waals surface area contributed by atoms with E-state index in [1.807, 2.05) is 34.8 Å². The zero-order valence-corrected chi connectivity index (χ0v) is 17.4. The summed E-state index contributed by atoms with van der Waals surface area (Å²) in [5.74, 6) is 3.28. The first-order valence-corrected chi connectivity index (χ1v) is 10.8. The van der Waals surface area contributed by atoms with Crippen LogP contribution in [-0.2, 0) is 0 Å². The van der Waals surface area contributed by atoms with Crippen molar-refractivity contribution in [3.8, 4) is 11.4 Å². The Bertz CT molecular complexity index is 922. The molecule has 2 N–H and O–H groups in total. The molecule has 4 rings (SSSR count). The highest BCUT2D eigenvalue weighted by molar-refractivity contribution is 5.61. The van der Waals surface area contributed by atoms with E-state index in [1.54, 1.807) is 0 Å². The monoisotopic (exact) mass is 393 g/mol. The molecular formula is C22H31N7. The van der Waals surface area contributed by atoms with E-state index in [0.29, 0.717) is 17.6 Å². The van der Waals surface area contributed by atoms with E-state index < -0.39 is 0 Å². The number of fused-ring (bicyclic) bond motifs is 1. The van der Waals surface area contributed by atoms with Gasteiger partial charge in [0, 0.05) is 43.9 Å². The Kier molecular flexibility index (Phi) is 6.24. The Labute approximate surface area is 172 Å². The molecule has 0 spiro atoms. The van der Waals surface area contributed by atoms with Gasteiger partial charge in [-0.15, -0.1) is 5.10 Å². The van der Waals surface area contributed by atoms with Crippen LogP contribution >= 0.6 is 0 Å². The van der Waals surface area contributed by atoms with Crippen molar-refractivity contribution in [2.24, 2.45) is 0 Å². The number of aromatic nitrogens is 4. The number of rotatable bonds is 8. The molecule has 1 unspecified atom stereocenters. The minimum absolute atomic E-state index is 0.439. The molecule has 3 heterocycles. The van der Waals surface area contributed by atoms with Gasteiger partial charge in [-0.25, -0.2) is 0 Å². The lowest BCUT2D eigenvalue weighted by Gasteiger charge is -2.33. The van der Waals surface area contributed by atoms with Crippen LogP contribution in [0, 0.1) is 0 Å². The number of hydrogen-bond donors (Lipinski definition) is 2. The molecule has 0 amide bonds. The molecule has 1 saturated heterocycles. The predicted octanol–water partition coefficient (Wildman–Crippen LogP) is 3.58. The van der Waals surface area contributed by atoms with E-state index in [-0.39, 0.29) is 0 Å². The molecule has 29 heavy (non-hydrogen) atoms. The molecule has 7 heteroatoms. The SMILES string of the molecule is CCCCCCNc1cc(N2CCNC(C)C2)n2nc(-c3ccccc3)nc2n1. The van der Waals surface area contributed by atoms with Gasteiger partial charge in [0.2, 0.25) is 0 Å². The summed E-state index contributed by atoms with van der Waals surface area (Å²) in [4.78, 5) is 11.9. The van der Waals surface area contributed by atoms with Gasteiger partial charge in [0.05, 0.1) is 0 Å². The lowest BCUT2D eigenvalue weighted by atomic mass is 10.2. The molecule has 0 aliphatic carbocycles. The largest absolute Gasteiger partial charge is 0.370 e. The summed E-state index contributed by atoms with van der Waals surface area (Å²) in [5, 5.41) is 11.8. The van der Waals surface area contributed by atoms with Crippen molar-refractivity contribution in [1.29, 1.82) is 0 Å². The van der Waals surface area contributed by atoms with E-state index in [2.05, 4.69) is 35.4 Å². The summed E-state index contributed by atoms with van der Waals surface area (Å²) in [6.07, 6.45) is 4.93. The third-order valence-electron chi connectivity index (χ3n) is 5.35.